The minimum Gasteiger partial charge on any atom is -0.459 e. The fourth-order valence-electron chi connectivity index (χ4n) is 2.02. The molecule has 0 unspecified atom stereocenters. The van der Waals surface area contributed by atoms with Crippen molar-refractivity contribution in [3.63, 3.8) is 0 Å². The van der Waals surface area contributed by atoms with Gasteiger partial charge in [-0.15, -0.1) is 0 Å². The summed E-state index contributed by atoms with van der Waals surface area (Å²) in [5, 5.41) is 0.431. The Morgan fingerprint density at radius 1 is 1.20 bits per heavy atom. The number of esters is 1. The second-order valence-electron chi connectivity index (χ2n) is 5.11. The lowest BCUT2D eigenvalue weighted by molar-refractivity contribution is -0.143. The fraction of sp³-hybridized carbons (Fsp3) is 0.188. The Morgan fingerprint density at radius 2 is 1.88 bits per heavy atom. The van der Waals surface area contributed by atoms with Crippen molar-refractivity contribution in [1.82, 2.24) is 0 Å². The Hall–Kier alpha value is -1.83. The van der Waals surface area contributed by atoms with E-state index in [4.69, 9.17) is 27.9 Å². The molecule has 0 radical (unpaired) electrons. The molecule has 0 aromatic heterocycles. The van der Waals surface area contributed by atoms with Crippen molar-refractivity contribution in [2.45, 2.75) is 6.61 Å². The number of halogens is 3. The van der Waals surface area contributed by atoms with Gasteiger partial charge in [-0.2, -0.15) is 0 Å². The lowest BCUT2D eigenvalue weighted by Gasteiger charge is -2.21. The molecule has 2 rings (SSSR count). The molecule has 0 aliphatic rings. The van der Waals surface area contributed by atoms with Gasteiger partial charge in [0.05, 0.1) is 17.0 Å². The number of carbonyl (C=O) groups is 1. The molecule has 0 atom stereocenters. The summed E-state index contributed by atoms with van der Waals surface area (Å²) in [4.78, 5) is 12.0. The summed E-state index contributed by atoms with van der Waals surface area (Å²) >= 11 is 11.7. The van der Waals surface area contributed by atoms with E-state index < -0.39 is 35.0 Å². The largest absolute Gasteiger partial charge is 0.459 e. The first-order chi connectivity index (χ1) is 11.7. The van der Waals surface area contributed by atoms with Crippen molar-refractivity contribution >= 4 is 44.9 Å². The molecule has 134 valence electrons. The van der Waals surface area contributed by atoms with Crippen LogP contribution in [0.4, 0.5) is 10.1 Å². The van der Waals surface area contributed by atoms with Crippen LogP contribution in [-0.2, 0) is 26.2 Å². The molecule has 2 aromatic carbocycles. The first kappa shape index (κ1) is 19.5. The molecule has 0 aliphatic carbocycles. The van der Waals surface area contributed by atoms with Gasteiger partial charge in [0, 0.05) is 10.6 Å². The van der Waals surface area contributed by atoms with E-state index in [1.165, 1.54) is 30.3 Å². The molecule has 5 nitrogen and oxygen atoms in total. The lowest BCUT2D eigenvalue weighted by Crippen LogP contribution is -2.35. The Labute approximate surface area is 155 Å². The van der Waals surface area contributed by atoms with Crippen LogP contribution in [0.1, 0.15) is 5.56 Å². The summed E-state index contributed by atoms with van der Waals surface area (Å²) in [7, 11) is -3.76. The summed E-state index contributed by atoms with van der Waals surface area (Å²) in [5.41, 5.74) is 0.238. The highest BCUT2D eigenvalue weighted by Gasteiger charge is 2.22. The van der Waals surface area contributed by atoms with Gasteiger partial charge >= 0.3 is 5.97 Å². The molecule has 0 bridgehead atoms. The predicted octanol–water partition coefficient (Wildman–Crippen LogP) is 3.64. The fourth-order valence-corrected chi connectivity index (χ4v) is 3.26. The van der Waals surface area contributed by atoms with Crippen LogP contribution in [0.25, 0.3) is 0 Å². The molecule has 0 amide bonds. The third-order valence-electron chi connectivity index (χ3n) is 3.21. The minimum atomic E-state index is -3.76. The van der Waals surface area contributed by atoms with Crippen LogP contribution in [0.5, 0.6) is 0 Å². The highest BCUT2D eigenvalue weighted by atomic mass is 35.5. The van der Waals surface area contributed by atoms with E-state index in [0.29, 0.717) is 5.02 Å². The summed E-state index contributed by atoms with van der Waals surface area (Å²) in [5.74, 6) is -1.47. The lowest BCUT2D eigenvalue weighted by atomic mass is 10.2. The average molecular weight is 406 g/mol. The zero-order valence-electron chi connectivity index (χ0n) is 13.1. The SMILES string of the molecule is CS(=O)(=O)N(CC(=O)OCc1c(F)cccc1Cl)c1cccc(Cl)c1. The molecular weight excluding hydrogens is 392 g/mol. The standard InChI is InChI=1S/C16H14Cl2FNO4S/c1-25(22,23)20(12-5-2-4-11(17)8-12)9-16(21)24-10-13-14(18)6-3-7-15(13)19/h2-8H,9-10H2,1H3. The van der Waals surface area contributed by atoms with Gasteiger partial charge in [-0.25, -0.2) is 12.8 Å². The molecule has 0 saturated carbocycles. The predicted molar refractivity (Wildman–Crippen MR) is 94.8 cm³/mol. The molecule has 0 N–H and O–H groups in total. The second-order valence-corrected chi connectivity index (χ2v) is 7.86. The van der Waals surface area contributed by atoms with Crippen LogP contribution in [0.2, 0.25) is 10.0 Å². The molecule has 0 fully saturated rings. The topological polar surface area (TPSA) is 63.7 Å². The molecule has 9 heteroatoms. The Morgan fingerprint density at radius 3 is 2.48 bits per heavy atom. The van der Waals surface area contributed by atoms with E-state index in [9.17, 15) is 17.6 Å². The molecule has 0 heterocycles. The maximum atomic E-state index is 13.7. The van der Waals surface area contributed by atoms with E-state index in [0.717, 1.165) is 10.6 Å². The van der Waals surface area contributed by atoms with E-state index in [1.54, 1.807) is 12.1 Å². The first-order valence-corrected chi connectivity index (χ1v) is 9.60. The van der Waals surface area contributed by atoms with Gasteiger partial charge in [0.1, 0.15) is 19.0 Å². The number of carbonyl (C=O) groups excluding carboxylic acids is 1. The van der Waals surface area contributed by atoms with Crippen molar-refractivity contribution in [1.29, 1.82) is 0 Å². The molecule has 25 heavy (non-hydrogen) atoms. The van der Waals surface area contributed by atoms with Crippen molar-refractivity contribution in [3.8, 4) is 0 Å². The minimum absolute atomic E-state index is 0.0196. The average Bonchev–Trinajstić information content (AvgIpc) is 2.51. The molecule has 2 aromatic rings. The van der Waals surface area contributed by atoms with Gasteiger partial charge in [-0.05, 0) is 30.3 Å². The van der Waals surface area contributed by atoms with Gasteiger partial charge in [-0.3, -0.25) is 9.10 Å². The molecule has 0 saturated heterocycles. The van der Waals surface area contributed by atoms with Gasteiger partial charge in [0.2, 0.25) is 10.0 Å². The highest BCUT2D eigenvalue weighted by molar-refractivity contribution is 7.92. The maximum absolute atomic E-state index is 13.7. The zero-order valence-corrected chi connectivity index (χ0v) is 15.4. The normalized spacial score (nSPS) is 11.2. The van der Waals surface area contributed by atoms with Crippen molar-refractivity contribution in [2.24, 2.45) is 0 Å². The van der Waals surface area contributed by atoms with E-state index in [1.807, 2.05) is 0 Å². The molecule has 0 aliphatic heterocycles. The number of rotatable bonds is 6. The Kier molecular flexibility index (Phi) is 6.26. The van der Waals surface area contributed by atoms with Gasteiger partial charge in [0.15, 0.2) is 0 Å². The highest BCUT2D eigenvalue weighted by Crippen LogP contribution is 2.23. The second kappa shape index (κ2) is 8.03. The van der Waals surface area contributed by atoms with E-state index >= 15 is 0 Å². The van der Waals surface area contributed by atoms with E-state index in [-0.39, 0.29) is 16.3 Å². The number of sulfonamides is 1. The van der Waals surface area contributed by atoms with Gasteiger partial charge in [-0.1, -0.05) is 35.3 Å². The summed E-state index contributed by atoms with van der Waals surface area (Å²) in [6, 6.07) is 10.1. The van der Waals surface area contributed by atoms with Crippen LogP contribution in [0, 0.1) is 5.82 Å². The number of benzene rings is 2. The third-order valence-corrected chi connectivity index (χ3v) is 4.94. The quantitative estimate of drug-likeness (QED) is 0.688. The van der Waals surface area contributed by atoms with Crippen molar-refractivity contribution in [2.75, 3.05) is 17.1 Å². The summed E-state index contributed by atoms with van der Waals surface area (Å²) in [6.45, 7) is -0.983. The zero-order chi connectivity index (χ0) is 18.6. The van der Waals surface area contributed by atoms with Crippen molar-refractivity contribution in [3.05, 3.63) is 63.9 Å². The third kappa shape index (κ3) is 5.32. The number of anilines is 1. The summed E-state index contributed by atoms with van der Waals surface area (Å²) < 4.78 is 43.4. The molecule has 0 spiro atoms. The monoisotopic (exact) mass is 405 g/mol. The van der Waals surface area contributed by atoms with Gasteiger partial charge in [0.25, 0.3) is 0 Å². The van der Waals surface area contributed by atoms with Crippen LogP contribution in [0.3, 0.4) is 0 Å². The van der Waals surface area contributed by atoms with E-state index in [2.05, 4.69) is 0 Å². The number of ether oxygens (including phenoxy) is 1. The van der Waals surface area contributed by atoms with Crippen LogP contribution in [0.15, 0.2) is 42.5 Å². The number of hydrogen-bond donors (Lipinski definition) is 0. The Balaban J connectivity index is 2.13. The van der Waals surface area contributed by atoms with Crippen LogP contribution >= 0.6 is 23.2 Å². The summed E-state index contributed by atoms with van der Waals surface area (Å²) in [6.07, 6.45) is 0.953. The first-order valence-electron chi connectivity index (χ1n) is 7.00. The molecular formula is C16H14Cl2FNO4S. The van der Waals surface area contributed by atoms with Crippen LogP contribution < -0.4 is 4.31 Å². The van der Waals surface area contributed by atoms with Gasteiger partial charge < -0.3 is 4.74 Å². The maximum Gasteiger partial charge on any atom is 0.327 e. The van der Waals surface area contributed by atoms with Crippen LogP contribution in [-0.4, -0.2) is 27.2 Å². The van der Waals surface area contributed by atoms with Crippen molar-refractivity contribution < 1.29 is 22.3 Å². The smallest absolute Gasteiger partial charge is 0.327 e. The number of nitrogens with zero attached hydrogens (tertiary/aromatic N) is 1. The number of hydrogen-bond acceptors (Lipinski definition) is 4. The Bertz CT molecular complexity index is 869.